The van der Waals surface area contributed by atoms with E-state index in [1.807, 2.05) is 26.7 Å². The van der Waals surface area contributed by atoms with E-state index in [-0.39, 0.29) is 17.9 Å². The Hall–Kier alpha value is -2.09. The highest BCUT2D eigenvalue weighted by atomic mass is 16.5. The van der Waals surface area contributed by atoms with Crippen molar-refractivity contribution in [1.29, 1.82) is 0 Å². The summed E-state index contributed by atoms with van der Waals surface area (Å²) in [5.74, 6) is 0.268. The first kappa shape index (κ1) is 17.7. The molecule has 1 N–H and O–H groups in total. The van der Waals surface area contributed by atoms with E-state index in [2.05, 4.69) is 10.4 Å². The van der Waals surface area contributed by atoms with Crippen molar-refractivity contribution in [2.24, 2.45) is 5.92 Å². The smallest absolute Gasteiger partial charge is 0.317 e. The average Bonchev–Trinajstić information content (AvgIpc) is 3.19. The summed E-state index contributed by atoms with van der Waals surface area (Å²) in [6, 6.07) is 1.86. The quantitative estimate of drug-likeness (QED) is 0.788. The Labute approximate surface area is 148 Å². The van der Waals surface area contributed by atoms with Crippen molar-refractivity contribution in [3.05, 3.63) is 18.5 Å². The second kappa shape index (κ2) is 8.84. The fourth-order valence-corrected chi connectivity index (χ4v) is 3.35. The van der Waals surface area contributed by atoms with Crippen molar-refractivity contribution in [1.82, 2.24) is 24.9 Å². The molecule has 25 heavy (non-hydrogen) atoms. The molecule has 0 spiro atoms. The van der Waals surface area contributed by atoms with Crippen LogP contribution in [0.15, 0.2) is 18.5 Å². The summed E-state index contributed by atoms with van der Waals surface area (Å²) in [7, 11) is 0. The minimum Gasteiger partial charge on any atom is -0.378 e. The molecule has 2 fully saturated rings. The monoisotopic (exact) mass is 349 g/mol. The van der Waals surface area contributed by atoms with Crippen molar-refractivity contribution in [2.45, 2.75) is 25.8 Å². The molecule has 1 aromatic heterocycles. The second-order valence-corrected chi connectivity index (χ2v) is 6.55. The number of carbonyl (C=O) groups is 2. The van der Waals surface area contributed by atoms with Crippen molar-refractivity contribution in [3.8, 4) is 0 Å². The van der Waals surface area contributed by atoms with Crippen LogP contribution < -0.4 is 5.32 Å². The number of aromatic nitrogens is 2. The molecule has 3 heterocycles. The first-order chi connectivity index (χ1) is 12.2. The molecule has 0 aromatic carbocycles. The second-order valence-electron chi connectivity index (χ2n) is 6.55. The van der Waals surface area contributed by atoms with Crippen LogP contribution in [0.5, 0.6) is 0 Å². The molecule has 3 amide bonds. The molecular weight excluding hydrogens is 322 g/mol. The number of rotatable bonds is 5. The van der Waals surface area contributed by atoms with E-state index >= 15 is 0 Å². The van der Waals surface area contributed by atoms with E-state index in [1.165, 1.54) is 0 Å². The minimum absolute atomic E-state index is 0.0299. The summed E-state index contributed by atoms with van der Waals surface area (Å²) in [4.78, 5) is 28.4. The maximum absolute atomic E-state index is 12.5. The molecule has 138 valence electrons. The largest absolute Gasteiger partial charge is 0.378 e. The molecule has 0 unspecified atom stereocenters. The van der Waals surface area contributed by atoms with Gasteiger partial charge in [-0.15, -0.1) is 0 Å². The number of carbonyl (C=O) groups excluding carboxylic acids is 2. The summed E-state index contributed by atoms with van der Waals surface area (Å²) < 4.78 is 7.15. The van der Waals surface area contributed by atoms with Crippen LogP contribution in [0.2, 0.25) is 0 Å². The standard InChI is InChI=1S/C17H27N5O3/c23-16(20-11-13-25-14-12-20)15-3-9-21(10-4-15)17(24)18-5-1-7-22-8-2-6-19-22/h2,6,8,15H,1,3-5,7,9-14H2,(H,18,24). The Bertz CT molecular complexity index is 549. The van der Waals surface area contributed by atoms with Crippen LogP contribution in [0.4, 0.5) is 4.79 Å². The van der Waals surface area contributed by atoms with Crippen LogP contribution in [0, 0.1) is 5.92 Å². The normalized spacial score (nSPS) is 19.0. The average molecular weight is 349 g/mol. The van der Waals surface area contributed by atoms with Crippen molar-refractivity contribution >= 4 is 11.9 Å². The van der Waals surface area contributed by atoms with Crippen LogP contribution >= 0.6 is 0 Å². The number of piperidine rings is 1. The van der Waals surface area contributed by atoms with Crippen LogP contribution in [0.3, 0.4) is 0 Å². The summed E-state index contributed by atoms with van der Waals surface area (Å²) in [6.45, 7) is 5.36. The Morgan fingerprint density at radius 2 is 1.88 bits per heavy atom. The number of morpholine rings is 1. The van der Waals surface area contributed by atoms with Crippen LogP contribution in [0.25, 0.3) is 0 Å². The van der Waals surface area contributed by atoms with Gasteiger partial charge < -0.3 is 19.9 Å². The SMILES string of the molecule is O=C(NCCCn1cccn1)N1CCC(C(=O)N2CCOCC2)CC1. The third kappa shape index (κ3) is 4.94. The topological polar surface area (TPSA) is 79.7 Å². The lowest BCUT2D eigenvalue weighted by molar-refractivity contribution is -0.141. The third-order valence-electron chi connectivity index (χ3n) is 4.85. The fourth-order valence-electron chi connectivity index (χ4n) is 3.35. The Morgan fingerprint density at radius 1 is 1.12 bits per heavy atom. The van der Waals surface area contributed by atoms with Gasteiger partial charge in [0.1, 0.15) is 0 Å². The Kier molecular flexibility index (Phi) is 6.27. The molecule has 0 bridgehead atoms. The van der Waals surface area contributed by atoms with Crippen LogP contribution in [0.1, 0.15) is 19.3 Å². The molecule has 2 saturated heterocycles. The number of ether oxygens (including phenoxy) is 1. The lowest BCUT2D eigenvalue weighted by atomic mass is 9.95. The lowest BCUT2D eigenvalue weighted by Crippen LogP contribution is -2.49. The van der Waals surface area contributed by atoms with Crippen molar-refractivity contribution < 1.29 is 14.3 Å². The highest BCUT2D eigenvalue weighted by Gasteiger charge is 2.30. The number of aryl methyl sites for hydroxylation is 1. The van der Waals surface area contributed by atoms with Crippen LogP contribution in [-0.2, 0) is 16.1 Å². The van der Waals surface area contributed by atoms with Gasteiger partial charge in [-0.25, -0.2) is 4.79 Å². The maximum Gasteiger partial charge on any atom is 0.317 e. The number of nitrogens with zero attached hydrogens (tertiary/aromatic N) is 4. The highest BCUT2D eigenvalue weighted by Crippen LogP contribution is 2.20. The molecular formula is C17H27N5O3. The lowest BCUT2D eigenvalue weighted by Gasteiger charge is -2.35. The van der Waals surface area contributed by atoms with E-state index in [1.54, 1.807) is 6.20 Å². The Morgan fingerprint density at radius 3 is 2.56 bits per heavy atom. The highest BCUT2D eigenvalue weighted by molar-refractivity contribution is 5.80. The summed E-state index contributed by atoms with van der Waals surface area (Å²) in [5.41, 5.74) is 0. The van der Waals surface area contributed by atoms with E-state index in [9.17, 15) is 9.59 Å². The summed E-state index contributed by atoms with van der Waals surface area (Å²) >= 11 is 0. The first-order valence-corrected chi connectivity index (χ1v) is 9.11. The molecule has 0 aliphatic carbocycles. The van der Waals surface area contributed by atoms with E-state index in [0.717, 1.165) is 25.8 Å². The number of likely N-dealkylation sites (tertiary alicyclic amines) is 1. The molecule has 8 heteroatoms. The van der Waals surface area contributed by atoms with E-state index < -0.39 is 0 Å². The molecule has 0 atom stereocenters. The number of hydrogen-bond acceptors (Lipinski definition) is 4. The molecule has 2 aliphatic rings. The van der Waals surface area contributed by atoms with Crippen LogP contribution in [-0.4, -0.2) is 77.5 Å². The van der Waals surface area contributed by atoms with E-state index in [4.69, 9.17) is 4.74 Å². The third-order valence-corrected chi connectivity index (χ3v) is 4.85. The molecule has 3 rings (SSSR count). The molecule has 0 radical (unpaired) electrons. The maximum atomic E-state index is 12.5. The van der Waals surface area contributed by atoms with Gasteiger partial charge in [-0.3, -0.25) is 9.48 Å². The van der Waals surface area contributed by atoms with Gasteiger partial charge in [0.05, 0.1) is 13.2 Å². The van der Waals surface area contributed by atoms with Gasteiger partial charge in [0.15, 0.2) is 0 Å². The summed E-state index contributed by atoms with van der Waals surface area (Å²) in [5, 5.41) is 7.09. The first-order valence-electron chi connectivity index (χ1n) is 9.11. The van der Waals surface area contributed by atoms with Gasteiger partial charge in [0.25, 0.3) is 0 Å². The predicted molar refractivity (Wildman–Crippen MR) is 91.9 cm³/mol. The number of amides is 3. The van der Waals surface area contributed by atoms with Gasteiger partial charge in [-0.1, -0.05) is 0 Å². The molecule has 2 aliphatic heterocycles. The molecule has 0 saturated carbocycles. The molecule has 8 nitrogen and oxygen atoms in total. The zero-order chi connectivity index (χ0) is 17.5. The van der Waals surface area contributed by atoms with Gasteiger partial charge in [-0.05, 0) is 25.3 Å². The number of urea groups is 1. The van der Waals surface area contributed by atoms with Crippen molar-refractivity contribution in [3.63, 3.8) is 0 Å². The number of nitrogens with one attached hydrogen (secondary N) is 1. The van der Waals surface area contributed by atoms with Gasteiger partial charge in [0, 0.05) is 57.6 Å². The fraction of sp³-hybridized carbons (Fsp3) is 0.706. The molecule has 1 aromatic rings. The predicted octanol–water partition coefficient (Wildman–Crippen LogP) is 0.554. The Balaban J connectivity index is 1.33. The van der Waals surface area contributed by atoms with Gasteiger partial charge in [0.2, 0.25) is 5.91 Å². The van der Waals surface area contributed by atoms with Gasteiger partial charge in [-0.2, -0.15) is 5.10 Å². The van der Waals surface area contributed by atoms with Crippen molar-refractivity contribution in [2.75, 3.05) is 45.9 Å². The zero-order valence-corrected chi connectivity index (χ0v) is 14.6. The summed E-state index contributed by atoms with van der Waals surface area (Å²) in [6.07, 6.45) is 6.01. The minimum atomic E-state index is -0.0299. The van der Waals surface area contributed by atoms with E-state index in [0.29, 0.717) is 45.9 Å². The number of hydrogen-bond donors (Lipinski definition) is 1. The zero-order valence-electron chi connectivity index (χ0n) is 14.6. The van der Waals surface area contributed by atoms with Gasteiger partial charge >= 0.3 is 6.03 Å².